The molecule has 0 aromatic heterocycles. The first-order chi connectivity index (χ1) is 7.50. The van der Waals surface area contributed by atoms with Gasteiger partial charge in [-0.15, -0.1) is 0 Å². The molecule has 1 atom stereocenters. The maximum atomic E-state index is 9.69. The first kappa shape index (κ1) is 12.0. The molecule has 2 N–H and O–H groups in total. The lowest BCUT2D eigenvalue weighted by atomic mass is 9.45. The molecule has 16 heavy (non-hydrogen) atoms. The summed E-state index contributed by atoms with van der Waals surface area (Å²) in [6.45, 7) is 6.93. The van der Waals surface area contributed by atoms with Crippen LogP contribution in [0.25, 0.3) is 0 Å². The first-order valence-electron chi connectivity index (χ1n) is 6.46. The zero-order chi connectivity index (χ0) is 12.0. The highest BCUT2D eigenvalue weighted by Gasteiger charge is 2.56. The molecule has 2 heteroatoms. The van der Waals surface area contributed by atoms with Gasteiger partial charge in [-0.3, -0.25) is 0 Å². The Morgan fingerprint density at radius 1 is 1.31 bits per heavy atom. The molecule has 3 saturated carbocycles. The van der Waals surface area contributed by atoms with Crippen LogP contribution in [0.5, 0.6) is 0 Å². The second kappa shape index (κ2) is 3.76. The minimum atomic E-state index is 0.138. The highest BCUT2D eigenvalue weighted by molar-refractivity contribution is 5.26. The number of hydrogen-bond acceptors (Lipinski definition) is 2. The van der Waals surface area contributed by atoms with Crippen molar-refractivity contribution < 1.29 is 10.2 Å². The Morgan fingerprint density at radius 3 is 2.25 bits per heavy atom. The van der Waals surface area contributed by atoms with E-state index in [0.29, 0.717) is 5.92 Å². The zero-order valence-corrected chi connectivity index (χ0v) is 10.7. The van der Waals surface area contributed by atoms with Gasteiger partial charge in [0.1, 0.15) is 0 Å². The summed E-state index contributed by atoms with van der Waals surface area (Å²) in [7, 11) is 0. The second-order valence-electron chi connectivity index (χ2n) is 6.27. The van der Waals surface area contributed by atoms with Crippen LogP contribution in [-0.2, 0) is 0 Å². The molecular weight excluding hydrogens is 200 g/mol. The molecule has 0 aromatic carbocycles. The first-order valence-corrected chi connectivity index (χ1v) is 6.46. The van der Waals surface area contributed by atoms with Crippen molar-refractivity contribution in [3.63, 3.8) is 0 Å². The van der Waals surface area contributed by atoms with Gasteiger partial charge in [-0.25, -0.2) is 0 Å². The predicted molar refractivity (Wildman–Crippen MR) is 65.1 cm³/mol. The smallest absolute Gasteiger partial charge is 0.0793 e. The average molecular weight is 224 g/mol. The van der Waals surface area contributed by atoms with Crippen LogP contribution in [0.3, 0.4) is 0 Å². The number of hydrogen-bond donors (Lipinski definition) is 2. The van der Waals surface area contributed by atoms with Crippen LogP contribution in [0.4, 0.5) is 0 Å². The number of aliphatic hydroxyl groups is 2. The third-order valence-corrected chi connectivity index (χ3v) is 5.52. The molecule has 3 aliphatic rings. The van der Waals surface area contributed by atoms with E-state index < -0.39 is 0 Å². The summed E-state index contributed by atoms with van der Waals surface area (Å²) in [5, 5.41) is 19.2. The molecule has 2 nitrogen and oxygen atoms in total. The van der Waals surface area contributed by atoms with Crippen LogP contribution in [0, 0.1) is 22.7 Å². The van der Waals surface area contributed by atoms with Gasteiger partial charge in [-0.2, -0.15) is 0 Å². The molecule has 3 aliphatic carbocycles. The van der Waals surface area contributed by atoms with Crippen LogP contribution in [0.1, 0.15) is 46.5 Å². The number of aliphatic hydroxyl groups excluding tert-OH is 2. The maximum absolute atomic E-state index is 9.69. The normalized spacial score (nSPS) is 45.6. The van der Waals surface area contributed by atoms with Gasteiger partial charge in [0, 0.05) is 5.92 Å². The van der Waals surface area contributed by atoms with Crippen molar-refractivity contribution in [3.8, 4) is 0 Å². The fourth-order valence-electron chi connectivity index (χ4n) is 4.14. The van der Waals surface area contributed by atoms with E-state index in [0.717, 1.165) is 18.4 Å². The zero-order valence-electron chi connectivity index (χ0n) is 10.7. The maximum Gasteiger partial charge on any atom is 0.0793 e. The monoisotopic (exact) mass is 224 g/mol. The molecule has 0 aliphatic heterocycles. The SMILES string of the molecule is CC(C)C12CCC(C)(CC1)/C(=C\O)C2CO. The van der Waals surface area contributed by atoms with Gasteiger partial charge in [0.2, 0.25) is 0 Å². The van der Waals surface area contributed by atoms with Crippen molar-refractivity contribution in [2.75, 3.05) is 6.61 Å². The summed E-state index contributed by atoms with van der Waals surface area (Å²) < 4.78 is 0. The molecule has 3 rings (SSSR count). The van der Waals surface area contributed by atoms with Crippen LogP contribution in [-0.4, -0.2) is 16.8 Å². The lowest BCUT2D eigenvalue weighted by Crippen LogP contribution is -2.52. The van der Waals surface area contributed by atoms with Gasteiger partial charge in [0.05, 0.1) is 12.9 Å². The standard InChI is InChI=1S/C14H24O2/c1-10(2)14-6-4-13(3,5-7-14)11(8-15)12(14)9-16/h8,10,12,15-16H,4-7,9H2,1-3H3/b11-8-. The van der Waals surface area contributed by atoms with Crippen molar-refractivity contribution in [1.82, 2.24) is 0 Å². The van der Waals surface area contributed by atoms with Gasteiger partial charge < -0.3 is 10.2 Å². The highest BCUT2D eigenvalue weighted by atomic mass is 16.3. The third-order valence-electron chi connectivity index (χ3n) is 5.52. The summed E-state index contributed by atoms with van der Waals surface area (Å²) in [6.07, 6.45) is 6.01. The molecule has 0 saturated heterocycles. The Labute approximate surface area is 98.4 Å². The average Bonchev–Trinajstić information content (AvgIpc) is 2.27. The third kappa shape index (κ3) is 1.35. The molecule has 2 bridgehead atoms. The van der Waals surface area contributed by atoms with Gasteiger partial charge in [0.25, 0.3) is 0 Å². The van der Waals surface area contributed by atoms with E-state index >= 15 is 0 Å². The van der Waals surface area contributed by atoms with E-state index in [1.165, 1.54) is 19.1 Å². The second-order valence-corrected chi connectivity index (χ2v) is 6.27. The molecule has 0 amide bonds. The Balaban J connectivity index is 2.44. The van der Waals surface area contributed by atoms with Gasteiger partial charge in [-0.05, 0) is 48.0 Å². The fourth-order valence-corrected chi connectivity index (χ4v) is 4.14. The van der Waals surface area contributed by atoms with E-state index in [1.54, 1.807) is 0 Å². The lowest BCUT2D eigenvalue weighted by Gasteiger charge is -2.59. The minimum Gasteiger partial charge on any atom is -0.516 e. The molecule has 0 spiro atoms. The molecule has 92 valence electrons. The fraction of sp³-hybridized carbons (Fsp3) is 0.857. The quantitative estimate of drug-likeness (QED) is 0.707. The molecule has 0 aromatic rings. The van der Waals surface area contributed by atoms with E-state index in [2.05, 4.69) is 20.8 Å². The summed E-state index contributed by atoms with van der Waals surface area (Å²) >= 11 is 0. The topological polar surface area (TPSA) is 40.5 Å². The van der Waals surface area contributed by atoms with Crippen molar-refractivity contribution in [2.24, 2.45) is 22.7 Å². The minimum absolute atomic E-state index is 0.138. The van der Waals surface area contributed by atoms with E-state index in [4.69, 9.17) is 0 Å². The van der Waals surface area contributed by atoms with Crippen molar-refractivity contribution in [2.45, 2.75) is 46.5 Å². The highest BCUT2D eigenvalue weighted by Crippen LogP contribution is 2.64. The van der Waals surface area contributed by atoms with Crippen LogP contribution in [0.15, 0.2) is 11.8 Å². The number of rotatable bonds is 2. The largest absolute Gasteiger partial charge is 0.516 e. The molecule has 0 radical (unpaired) electrons. The van der Waals surface area contributed by atoms with Crippen molar-refractivity contribution >= 4 is 0 Å². The Kier molecular flexibility index (Phi) is 2.82. The lowest BCUT2D eigenvalue weighted by molar-refractivity contribution is -0.0569. The molecular formula is C14H24O2. The number of fused-ring (bicyclic) bond motifs is 3. The van der Waals surface area contributed by atoms with E-state index in [-0.39, 0.29) is 23.4 Å². The van der Waals surface area contributed by atoms with E-state index in [9.17, 15) is 10.2 Å². The van der Waals surface area contributed by atoms with Crippen molar-refractivity contribution in [1.29, 1.82) is 0 Å². The van der Waals surface area contributed by atoms with Gasteiger partial charge in [-0.1, -0.05) is 20.8 Å². The van der Waals surface area contributed by atoms with Crippen LogP contribution in [0.2, 0.25) is 0 Å². The Bertz CT molecular complexity index is 296. The van der Waals surface area contributed by atoms with Crippen LogP contribution < -0.4 is 0 Å². The molecule has 1 unspecified atom stereocenters. The molecule has 0 heterocycles. The van der Waals surface area contributed by atoms with Crippen LogP contribution >= 0.6 is 0 Å². The summed E-state index contributed by atoms with van der Waals surface area (Å²) in [5.74, 6) is 0.745. The summed E-state index contributed by atoms with van der Waals surface area (Å²) in [4.78, 5) is 0. The predicted octanol–water partition coefficient (Wildman–Crippen LogP) is 3.27. The van der Waals surface area contributed by atoms with Gasteiger partial charge in [0.15, 0.2) is 0 Å². The molecule has 3 fully saturated rings. The Morgan fingerprint density at radius 2 is 1.88 bits per heavy atom. The Hall–Kier alpha value is -0.500. The van der Waals surface area contributed by atoms with E-state index in [1.807, 2.05) is 0 Å². The summed E-state index contributed by atoms with van der Waals surface area (Å²) in [6, 6.07) is 0. The van der Waals surface area contributed by atoms with Crippen molar-refractivity contribution in [3.05, 3.63) is 11.8 Å². The van der Waals surface area contributed by atoms with Gasteiger partial charge >= 0.3 is 0 Å². The summed E-state index contributed by atoms with van der Waals surface area (Å²) in [5.41, 5.74) is 1.46.